The summed E-state index contributed by atoms with van der Waals surface area (Å²) in [7, 11) is 1.57. The van der Waals surface area contributed by atoms with Crippen LogP contribution in [-0.4, -0.2) is 42.0 Å². The van der Waals surface area contributed by atoms with Crippen molar-refractivity contribution in [1.29, 1.82) is 0 Å². The number of amides is 3. The van der Waals surface area contributed by atoms with Crippen LogP contribution in [0.2, 0.25) is 0 Å². The van der Waals surface area contributed by atoms with E-state index in [1.807, 2.05) is 12.1 Å². The average Bonchev–Trinajstić information content (AvgIpc) is 3.41. The number of urea groups is 1. The largest absolute Gasteiger partial charge is 0.497 e. The summed E-state index contributed by atoms with van der Waals surface area (Å²) in [5.74, 6) is -0.303. The molecule has 4 rings (SSSR count). The van der Waals surface area contributed by atoms with E-state index in [0.717, 1.165) is 23.9 Å². The number of carbonyl (C=O) groups is 2. The summed E-state index contributed by atoms with van der Waals surface area (Å²) >= 11 is 0. The van der Waals surface area contributed by atoms with Crippen LogP contribution in [0.1, 0.15) is 21.7 Å². The number of hydrogen-bond donors (Lipinski definition) is 1. The second-order valence-corrected chi connectivity index (χ2v) is 7.24. The highest BCUT2D eigenvalue weighted by Crippen LogP contribution is 2.31. The lowest BCUT2D eigenvalue weighted by molar-refractivity contribution is -0.137. The molecule has 11 heteroatoms. The molecular weight excluding hydrogens is 441 g/mol. The monoisotopic (exact) mass is 460 g/mol. The van der Waals surface area contributed by atoms with Gasteiger partial charge in [0.15, 0.2) is 0 Å². The maximum atomic E-state index is 12.9. The highest BCUT2D eigenvalue weighted by atomic mass is 19.4. The third kappa shape index (κ3) is 4.92. The summed E-state index contributed by atoms with van der Waals surface area (Å²) < 4.78 is 49.1. The zero-order valence-corrected chi connectivity index (χ0v) is 17.4. The summed E-state index contributed by atoms with van der Waals surface area (Å²) in [6.45, 7) is 1.12. The van der Waals surface area contributed by atoms with Crippen LogP contribution in [0.5, 0.6) is 5.75 Å². The zero-order chi connectivity index (χ0) is 23.6. The van der Waals surface area contributed by atoms with Crippen molar-refractivity contribution in [2.75, 3.05) is 30.4 Å². The minimum Gasteiger partial charge on any atom is -0.497 e. The van der Waals surface area contributed by atoms with Gasteiger partial charge < -0.3 is 19.4 Å². The molecule has 0 bridgehead atoms. The van der Waals surface area contributed by atoms with Gasteiger partial charge in [-0.25, -0.2) is 14.7 Å². The van der Waals surface area contributed by atoms with Crippen LogP contribution in [0.15, 0.2) is 59.1 Å². The van der Waals surface area contributed by atoms with Crippen molar-refractivity contribution >= 4 is 23.6 Å². The quantitative estimate of drug-likeness (QED) is 0.589. The molecule has 2 heterocycles. The summed E-state index contributed by atoms with van der Waals surface area (Å²) in [6.07, 6.45) is -3.41. The lowest BCUT2D eigenvalue weighted by atomic mass is 10.2. The number of anilines is 2. The number of nitrogens with zero attached hydrogens (tertiary/aromatic N) is 3. The number of carbonyl (C=O) groups excluding carboxylic acids is 2. The Morgan fingerprint density at radius 2 is 1.94 bits per heavy atom. The van der Waals surface area contributed by atoms with Crippen LogP contribution in [0.4, 0.5) is 29.7 Å². The summed E-state index contributed by atoms with van der Waals surface area (Å²) in [5, 5.41) is 2.34. The predicted molar refractivity (Wildman–Crippen MR) is 112 cm³/mol. The summed E-state index contributed by atoms with van der Waals surface area (Å²) in [5.41, 5.74) is -0.0200. The van der Waals surface area contributed by atoms with Crippen LogP contribution >= 0.6 is 0 Å². The van der Waals surface area contributed by atoms with Gasteiger partial charge in [0, 0.05) is 25.3 Å². The van der Waals surface area contributed by atoms with Crippen LogP contribution in [0.25, 0.3) is 0 Å². The topological polar surface area (TPSA) is 87.9 Å². The predicted octanol–water partition coefficient (Wildman–Crippen LogP) is 4.40. The van der Waals surface area contributed by atoms with Gasteiger partial charge in [0.1, 0.15) is 5.75 Å². The minimum atomic E-state index is -4.53. The number of halogens is 3. The lowest BCUT2D eigenvalue weighted by Crippen LogP contribution is -2.31. The van der Waals surface area contributed by atoms with Crippen LogP contribution in [0, 0.1) is 0 Å². The van der Waals surface area contributed by atoms with E-state index in [4.69, 9.17) is 9.15 Å². The van der Waals surface area contributed by atoms with E-state index in [1.165, 1.54) is 17.0 Å². The van der Waals surface area contributed by atoms with Gasteiger partial charge in [-0.1, -0.05) is 18.2 Å². The van der Waals surface area contributed by atoms with Crippen molar-refractivity contribution in [3.8, 4) is 5.75 Å². The van der Waals surface area contributed by atoms with E-state index in [9.17, 15) is 22.8 Å². The highest BCUT2D eigenvalue weighted by Gasteiger charge is 2.33. The Morgan fingerprint density at radius 3 is 2.64 bits per heavy atom. The molecule has 172 valence electrons. The number of alkyl halides is 3. The third-order valence-electron chi connectivity index (χ3n) is 5.02. The molecule has 2 aromatic carbocycles. The van der Waals surface area contributed by atoms with Crippen molar-refractivity contribution in [3.63, 3.8) is 0 Å². The maximum Gasteiger partial charge on any atom is 0.416 e. The molecule has 0 saturated carbocycles. The number of ether oxygens (including phenoxy) is 1. The molecule has 33 heavy (non-hydrogen) atoms. The Labute approximate surface area is 186 Å². The molecule has 0 radical (unpaired) electrons. The third-order valence-corrected chi connectivity index (χ3v) is 5.02. The molecule has 0 atom stereocenters. The molecule has 0 unspecified atom stereocenters. The molecule has 1 N–H and O–H groups in total. The van der Waals surface area contributed by atoms with E-state index >= 15 is 0 Å². The molecule has 0 aliphatic carbocycles. The second kappa shape index (κ2) is 8.85. The van der Waals surface area contributed by atoms with Gasteiger partial charge in [-0.2, -0.15) is 13.2 Å². The van der Waals surface area contributed by atoms with Crippen molar-refractivity contribution in [1.82, 2.24) is 9.88 Å². The minimum absolute atomic E-state index is 0.0457. The number of rotatable bonds is 6. The first-order chi connectivity index (χ1) is 15.7. The molecule has 3 aromatic rings. The molecule has 1 aliphatic rings. The van der Waals surface area contributed by atoms with Crippen molar-refractivity contribution in [2.24, 2.45) is 0 Å². The molecule has 8 nitrogen and oxygen atoms in total. The van der Waals surface area contributed by atoms with E-state index in [0.29, 0.717) is 25.4 Å². The fourth-order valence-electron chi connectivity index (χ4n) is 3.32. The first-order valence-corrected chi connectivity index (χ1v) is 9.88. The van der Waals surface area contributed by atoms with Gasteiger partial charge in [-0.05, 0) is 35.9 Å². The fourth-order valence-corrected chi connectivity index (χ4v) is 3.32. The molecular formula is C22H19F3N4O4. The van der Waals surface area contributed by atoms with Crippen LogP contribution < -0.4 is 15.0 Å². The van der Waals surface area contributed by atoms with Gasteiger partial charge in [0.25, 0.3) is 5.91 Å². The molecule has 3 amide bonds. The van der Waals surface area contributed by atoms with Gasteiger partial charge in [0.05, 0.1) is 18.9 Å². The lowest BCUT2D eigenvalue weighted by Gasteiger charge is -2.16. The zero-order valence-electron chi connectivity index (χ0n) is 17.4. The molecule has 1 fully saturated rings. The SMILES string of the molecule is COc1ccc(CN2CCN(c3ncc(C(=O)Nc4cccc(C(F)(F)F)c4)o3)C2=O)cc1. The Kier molecular flexibility index (Phi) is 5.95. The van der Waals surface area contributed by atoms with E-state index in [1.54, 1.807) is 24.1 Å². The number of oxazole rings is 1. The summed E-state index contributed by atoms with van der Waals surface area (Å²) in [6, 6.07) is 11.1. The Morgan fingerprint density at radius 1 is 1.18 bits per heavy atom. The van der Waals surface area contributed by atoms with Crippen molar-refractivity contribution in [3.05, 3.63) is 71.6 Å². The molecule has 1 aliphatic heterocycles. The normalized spacial score (nSPS) is 14.0. The maximum absolute atomic E-state index is 12.9. The smallest absolute Gasteiger partial charge is 0.416 e. The number of hydrogen-bond acceptors (Lipinski definition) is 5. The van der Waals surface area contributed by atoms with Crippen LogP contribution in [-0.2, 0) is 12.7 Å². The number of aromatic nitrogens is 1. The van der Waals surface area contributed by atoms with E-state index in [-0.39, 0.29) is 23.5 Å². The Hall–Kier alpha value is -4.02. The second-order valence-electron chi connectivity index (χ2n) is 7.24. The molecule has 0 spiro atoms. The fraction of sp³-hybridized carbons (Fsp3) is 0.227. The summed E-state index contributed by atoms with van der Waals surface area (Å²) in [4.78, 5) is 32.0. The average molecular weight is 460 g/mol. The number of methoxy groups -OCH3 is 1. The number of benzene rings is 2. The van der Waals surface area contributed by atoms with Crippen molar-refractivity contribution in [2.45, 2.75) is 12.7 Å². The Bertz CT molecular complexity index is 1160. The van der Waals surface area contributed by atoms with Gasteiger partial charge in [0.2, 0.25) is 5.76 Å². The first-order valence-electron chi connectivity index (χ1n) is 9.88. The highest BCUT2D eigenvalue weighted by molar-refractivity contribution is 6.02. The molecule has 1 aromatic heterocycles. The first kappa shape index (κ1) is 22.2. The van der Waals surface area contributed by atoms with Gasteiger partial charge >= 0.3 is 18.2 Å². The standard InChI is InChI=1S/C22H19F3N4O4/c1-32-17-7-5-14(6-8-17)13-28-9-10-29(21(28)31)20-26-12-18(33-20)19(30)27-16-4-2-3-15(11-16)22(23,24)25/h2-8,11-12H,9-10,13H2,1H3,(H,27,30). The van der Waals surface area contributed by atoms with Gasteiger partial charge in [-0.15, -0.1) is 0 Å². The van der Waals surface area contributed by atoms with Gasteiger partial charge in [-0.3, -0.25) is 4.79 Å². The van der Waals surface area contributed by atoms with E-state index < -0.39 is 17.6 Å². The van der Waals surface area contributed by atoms with Crippen molar-refractivity contribution < 1.29 is 31.9 Å². The number of nitrogens with one attached hydrogen (secondary N) is 1. The Balaban J connectivity index is 1.40. The van der Waals surface area contributed by atoms with E-state index in [2.05, 4.69) is 10.3 Å². The molecule has 1 saturated heterocycles. The van der Waals surface area contributed by atoms with Crippen LogP contribution in [0.3, 0.4) is 0 Å².